The van der Waals surface area contributed by atoms with Crippen LogP contribution in [-0.2, 0) is 20.9 Å². The second kappa shape index (κ2) is 9.33. The Bertz CT molecular complexity index is 914. The van der Waals surface area contributed by atoms with Crippen molar-refractivity contribution < 1.29 is 18.7 Å². The molecule has 0 spiro atoms. The Balaban J connectivity index is 0.000000536. The summed E-state index contributed by atoms with van der Waals surface area (Å²) in [4.78, 5) is 32.0. The summed E-state index contributed by atoms with van der Waals surface area (Å²) in [5, 5.41) is 0.477. The van der Waals surface area contributed by atoms with Crippen molar-refractivity contribution in [3.63, 3.8) is 0 Å². The van der Waals surface area contributed by atoms with Crippen LogP contribution in [0.1, 0.15) is 23.1 Å². The number of amides is 2. The lowest BCUT2D eigenvalue weighted by Gasteiger charge is -2.34. The molecule has 2 saturated heterocycles. The van der Waals surface area contributed by atoms with Crippen LogP contribution in [0.2, 0.25) is 5.02 Å². The monoisotopic (exact) mass is 419 g/mol. The predicted molar refractivity (Wildman–Crippen MR) is 108 cm³/mol. The van der Waals surface area contributed by atoms with Gasteiger partial charge in [0.25, 0.3) is 0 Å². The molecule has 2 amide bonds. The Kier molecular flexibility index (Phi) is 6.82. The van der Waals surface area contributed by atoms with Gasteiger partial charge in [0, 0.05) is 26.0 Å². The van der Waals surface area contributed by atoms with E-state index in [4.69, 9.17) is 16.3 Å². The van der Waals surface area contributed by atoms with Gasteiger partial charge < -0.3 is 9.64 Å². The Morgan fingerprint density at radius 3 is 2.38 bits per heavy atom. The summed E-state index contributed by atoms with van der Waals surface area (Å²) in [7, 11) is 0. The molecule has 0 N–H and O–H groups in total. The fourth-order valence-electron chi connectivity index (χ4n) is 2.98. The van der Waals surface area contributed by atoms with Gasteiger partial charge in [-0.05, 0) is 49.1 Å². The molecule has 0 unspecified atom stereocenters. The van der Waals surface area contributed by atoms with Crippen molar-refractivity contribution in [2.45, 2.75) is 26.8 Å². The maximum Gasteiger partial charge on any atom is 0.248 e. The quantitative estimate of drug-likeness (QED) is 0.766. The number of hydrogen-bond donors (Lipinski definition) is 0. The lowest BCUT2D eigenvalue weighted by atomic mass is 10.1. The van der Waals surface area contributed by atoms with E-state index in [2.05, 4.69) is 4.98 Å². The fraction of sp³-hybridized carbons (Fsp3) is 0.381. The lowest BCUT2D eigenvalue weighted by Crippen LogP contribution is -2.54. The highest BCUT2D eigenvalue weighted by Gasteiger charge is 2.32. The first-order valence-electron chi connectivity index (χ1n) is 9.38. The van der Waals surface area contributed by atoms with Crippen molar-refractivity contribution in [1.29, 1.82) is 0 Å². The van der Waals surface area contributed by atoms with E-state index in [0.717, 1.165) is 24.3 Å². The van der Waals surface area contributed by atoms with E-state index in [9.17, 15) is 14.0 Å². The van der Waals surface area contributed by atoms with E-state index in [1.54, 1.807) is 32.0 Å². The normalized spacial score (nSPS) is 16.3. The number of aryl methyl sites for hydroxylation is 2. The van der Waals surface area contributed by atoms with Crippen molar-refractivity contribution in [2.24, 2.45) is 0 Å². The molecule has 154 valence electrons. The van der Waals surface area contributed by atoms with Gasteiger partial charge in [-0.3, -0.25) is 14.5 Å². The summed E-state index contributed by atoms with van der Waals surface area (Å²) in [5.41, 5.74) is 2.03. The van der Waals surface area contributed by atoms with E-state index < -0.39 is 0 Å². The number of benzene rings is 1. The molecular weight excluding hydrogens is 397 g/mol. The number of anilines is 1. The van der Waals surface area contributed by atoms with Gasteiger partial charge >= 0.3 is 0 Å². The maximum atomic E-state index is 13.4. The van der Waals surface area contributed by atoms with E-state index in [1.165, 1.54) is 28.5 Å². The van der Waals surface area contributed by atoms with Crippen LogP contribution in [0.15, 0.2) is 30.5 Å². The molecule has 0 saturated carbocycles. The second-order valence-corrected chi connectivity index (χ2v) is 7.51. The van der Waals surface area contributed by atoms with Crippen LogP contribution >= 0.6 is 11.6 Å². The van der Waals surface area contributed by atoms with Gasteiger partial charge in [0.2, 0.25) is 11.8 Å². The number of halogens is 2. The average Bonchev–Trinajstić information content (AvgIpc) is 2.60. The van der Waals surface area contributed by atoms with Crippen molar-refractivity contribution >= 4 is 29.2 Å². The molecular formula is C21H23ClFN3O3. The third-order valence-electron chi connectivity index (χ3n) is 4.72. The molecule has 2 aliphatic heterocycles. The van der Waals surface area contributed by atoms with E-state index in [1.807, 2.05) is 0 Å². The molecule has 1 aromatic heterocycles. The number of nitrogens with zero attached hydrogens (tertiary/aromatic N) is 3. The first kappa shape index (κ1) is 21.2. The summed E-state index contributed by atoms with van der Waals surface area (Å²) < 4.78 is 18.1. The Morgan fingerprint density at radius 1 is 1.10 bits per heavy atom. The summed E-state index contributed by atoms with van der Waals surface area (Å²) in [5.74, 6) is -0.241. The second-order valence-electron chi connectivity index (χ2n) is 7.07. The highest BCUT2D eigenvalue weighted by atomic mass is 35.5. The predicted octanol–water partition coefficient (Wildman–Crippen LogP) is 3.27. The minimum Gasteiger partial charge on any atom is -0.381 e. The molecule has 2 aromatic rings. The Hall–Kier alpha value is -2.51. The van der Waals surface area contributed by atoms with Gasteiger partial charge in [-0.25, -0.2) is 9.37 Å². The van der Waals surface area contributed by atoms with E-state index in [-0.39, 0.29) is 37.3 Å². The molecule has 0 radical (unpaired) electrons. The summed E-state index contributed by atoms with van der Waals surface area (Å²) >= 11 is 5.89. The number of aromatic nitrogens is 1. The molecule has 1 aromatic carbocycles. The van der Waals surface area contributed by atoms with Crippen molar-refractivity contribution in [3.8, 4) is 0 Å². The van der Waals surface area contributed by atoms with E-state index in [0.29, 0.717) is 16.4 Å². The maximum absolute atomic E-state index is 13.4. The van der Waals surface area contributed by atoms with Gasteiger partial charge in [0.05, 0.1) is 5.02 Å². The zero-order chi connectivity index (χ0) is 21.0. The summed E-state index contributed by atoms with van der Waals surface area (Å²) in [6.45, 7) is 5.61. The van der Waals surface area contributed by atoms with Crippen LogP contribution in [0.5, 0.6) is 0 Å². The van der Waals surface area contributed by atoms with Gasteiger partial charge in [-0.1, -0.05) is 23.7 Å². The molecule has 0 atom stereocenters. The zero-order valence-electron chi connectivity index (χ0n) is 16.5. The Morgan fingerprint density at radius 2 is 1.79 bits per heavy atom. The van der Waals surface area contributed by atoms with Gasteiger partial charge in [-0.2, -0.15) is 0 Å². The molecule has 6 nitrogen and oxygen atoms in total. The lowest BCUT2D eigenvalue weighted by molar-refractivity contribution is -0.138. The van der Waals surface area contributed by atoms with E-state index >= 15 is 0 Å². The number of rotatable bonds is 3. The molecule has 3 heterocycles. The van der Waals surface area contributed by atoms with Crippen LogP contribution in [0.3, 0.4) is 0 Å². The third-order valence-corrected chi connectivity index (χ3v) is 4.93. The van der Waals surface area contributed by atoms with Crippen LogP contribution in [0.25, 0.3) is 0 Å². The number of ether oxygens (including phenoxy) is 1. The molecule has 29 heavy (non-hydrogen) atoms. The molecule has 2 aliphatic rings. The number of carbonyl (C=O) groups is 2. The molecule has 4 rings (SSSR count). The van der Waals surface area contributed by atoms with Crippen LogP contribution in [-0.4, -0.2) is 48.0 Å². The zero-order valence-corrected chi connectivity index (χ0v) is 17.2. The molecule has 8 heteroatoms. The standard InChI is InChI=1S/C18H17ClFN3O2.C3H6O/c1-11-5-13(3-4-15(11)20)8-22-9-17(25)23(10-16(22)24)18-12(2)6-14(19)7-21-18;1-2-4-3-1/h3-7H,8-10H2,1-2H3;1-3H2. The average molecular weight is 420 g/mol. The molecule has 0 aliphatic carbocycles. The number of piperazine rings is 1. The van der Waals surface area contributed by atoms with Crippen LogP contribution in [0, 0.1) is 19.7 Å². The fourth-order valence-corrected chi connectivity index (χ4v) is 3.20. The van der Waals surface area contributed by atoms with Gasteiger partial charge in [0.1, 0.15) is 24.7 Å². The Labute approximate surface area is 174 Å². The summed E-state index contributed by atoms with van der Waals surface area (Å²) in [6, 6.07) is 6.38. The largest absolute Gasteiger partial charge is 0.381 e. The summed E-state index contributed by atoms with van der Waals surface area (Å²) in [6.07, 6.45) is 2.73. The molecule has 0 bridgehead atoms. The van der Waals surface area contributed by atoms with Gasteiger partial charge in [-0.15, -0.1) is 0 Å². The first-order valence-corrected chi connectivity index (χ1v) is 9.76. The van der Waals surface area contributed by atoms with Crippen molar-refractivity contribution in [1.82, 2.24) is 9.88 Å². The van der Waals surface area contributed by atoms with Crippen LogP contribution < -0.4 is 4.90 Å². The number of carbonyl (C=O) groups excluding carboxylic acids is 2. The highest BCUT2D eigenvalue weighted by Crippen LogP contribution is 2.23. The minimum absolute atomic E-state index is 0.0427. The van der Waals surface area contributed by atoms with Gasteiger partial charge in [0.15, 0.2) is 0 Å². The minimum atomic E-state index is -0.291. The topological polar surface area (TPSA) is 62.7 Å². The first-order chi connectivity index (χ1) is 13.8. The number of hydrogen-bond acceptors (Lipinski definition) is 4. The van der Waals surface area contributed by atoms with Crippen molar-refractivity contribution in [2.75, 3.05) is 31.2 Å². The third kappa shape index (κ3) is 5.31. The highest BCUT2D eigenvalue weighted by molar-refractivity contribution is 6.30. The van der Waals surface area contributed by atoms with Crippen molar-refractivity contribution in [3.05, 3.63) is 58.0 Å². The smallest absolute Gasteiger partial charge is 0.248 e. The molecule has 2 fully saturated rings. The number of pyridine rings is 1. The van der Waals surface area contributed by atoms with Crippen LogP contribution in [0.4, 0.5) is 10.2 Å². The SMILES string of the molecule is C1COC1.Cc1cc(CN2CC(=O)N(c3ncc(Cl)cc3C)CC2=O)ccc1F.